The van der Waals surface area contributed by atoms with Crippen LogP contribution in [0.3, 0.4) is 0 Å². The monoisotopic (exact) mass is 1750 g/mol. The molecule has 0 radical (unpaired) electrons. The Morgan fingerprint density at radius 3 is 0.559 bits per heavy atom. The standard InChI is InChI=1S/C129H89F3N4/c1-4-87-35-49-94(50-36-87)127(97-55-61-100(130)62-56-97)121-33-21-19-31-115(121)117-79-75-111(83-123(117)127)133(103-23-11-7-12-24-103)107-67-41-90(42-68-107)92-45-71-109(72-46-92)135(105-27-15-9-16-28-105)113-77-81-119-120-82-78-114(86-126(120)129(125(119)85-113,99-59-65-102(132)66-60-99)96-53-39-89(6-3)40-54-96)136(106-29-17-10-18-30-106)110-73-47-93(48-74-110)91-43-69-108(70-44-91)134(104-25-13-8-14-26-104)112-76-80-118-116-32-20-22-34-122(116)128(124(118)84-112,98-57-63-101(131)64-58-98)95-51-37-88(5-2)38-52-95/h4-86H,1-3H2. The van der Waals surface area contributed by atoms with E-state index in [1.165, 1.54) is 0 Å². The Bertz CT molecular complexity index is 7490. The molecule has 0 N–H and O–H groups in total. The summed E-state index contributed by atoms with van der Waals surface area (Å²) in [5.74, 6) is -0.895. The van der Waals surface area contributed by atoms with Crippen molar-refractivity contribution in [3.63, 3.8) is 0 Å². The third-order valence-electron chi connectivity index (χ3n) is 28.0. The second kappa shape index (κ2) is 34.4. The average molecular weight is 1750 g/mol. The van der Waals surface area contributed by atoms with E-state index >= 15 is 13.2 Å². The SMILES string of the molecule is C=Cc1ccc(C2(c3ccc(F)cc3)c3ccccc3-c3ccc(N(c4ccccc4)c4ccc(-c5ccc(N(c6ccccc6)c6ccc7c(c6)C(c6ccc(F)cc6)(c6ccc(C=C)cc6)c6cc(N(c8ccccc8)c8ccc(-c9ccc(N(c%10ccccc%10)c%10ccc%11c(c%10)C(c%10ccc(F)cc%10)(c%10ccc(C=C)cc%10)c%10ccccc%10-%11)cc9)cc8)ccc6-7)cc5)cc4)cc32)cc1. The van der Waals surface area contributed by atoms with Crippen LogP contribution in [0, 0.1) is 17.5 Å². The van der Waals surface area contributed by atoms with Crippen LogP contribution in [0.15, 0.2) is 505 Å². The van der Waals surface area contributed by atoms with E-state index in [1.54, 1.807) is 36.4 Å². The second-order valence-corrected chi connectivity index (χ2v) is 35.1. The molecule has 646 valence electrons. The Morgan fingerprint density at radius 1 is 0.162 bits per heavy atom. The van der Waals surface area contributed by atoms with Crippen molar-refractivity contribution in [2.45, 2.75) is 16.2 Å². The maximum absolute atomic E-state index is 15.9. The van der Waals surface area contributed by atoms with Gasteiger partial charge in [-0.2, -0.15) is 0 Å². The minimum Gasteiger partial charge on any atom is -0.310 e. The van der Waals surface area contributed by atoms with Crippen LogP contribution >= 0.6 is 0 Å². The lowest BCUT2D eigenvalue weighted by molar-refractivity contribution is 0.624. The van der Waals surface area contributed by atoms with Crippen molar-refractivity contribution in [1.29, 1.82) is 0 Å². The first kappa shape index (κ1) is 83.0. The largest absolute Gasteiger partial charge is 0.310 e. The highest BCUT2D eigenvalue weighted by Crippen LogP contribution is 2.63. The van der Waals surface area contributed by atoms with Gasteiger partial charge in [-0.15, -0.1) is 0 Å². The van der Waals surface area contributed by atoms with Crippen molar-refractivity contribution in [3.05, 3.63) is 606 Å². The minimum atomic E-state index is -0.994. The predicted octanol–water partition coefficient (Wildman–Crippen LogP) is 34.3. The van der Waals surface area contributed by atoms with Crippen LogP contribution in [0.2, 0.25) is 0 Å². The topological polar surface area (TPSA) is 13.0 Å². The molecule has 4 nitrogen and oxygen atoms in total. The molecule has 0 fully saturated rings. The zero-order chi connectivity index (χ0) is 91.6. The molecule has 0 bridgehead atoms. The third-order valence-corrected chi connectivity index (χ3v) is 28.0. The number of hydrogen-bond donors (Lipinski definition) is 0. The van der Waals surface area contributed by atoms with E-state index in [4.69, 9.17) is 0 Å². The minimum absolute atomic E-state index is 0.286. The summed E-state index contributed by atoms with van der Waals surface area (Å²) in [6.07, 6.45) is 5.61. The van der Waals surface area contributed by atoms with E-state index < -0.39 is 16.2 Å². The lowest BCUT2D eigenvalue weighted by atomic mass is 9.67. The fourth-order valence-corrected chi connectivity index (χ4v) is 21.8. The van der Waals surface area contributed by atoms with Gasteiger partial charge in [0.1, 0.15) is 17.5 Å². The Kier molecular flexibility index (Phi) is 21.0. The number of fused-ring (bicyclic) bond motifs is 9. The van der Waals surface area contributed by atoms with Gasteiger partial charge in [0, 0.05) is 68.2 Å². The van der Waals surface area contributed by atoms with Crippen molar-refractivity contribution in [1.82, 2.24) is 0 Å². The first-order valence-corrected chi connectivity index (χ1v) is 46.1. The van der Waals surface area contributed by atoms with E-state index in [-0.39, 0.29) is 17.5 Å². The maximum Gasteiger partial charge on any atom is 0.123 e. The molecule has 0 spiro atoms. The molecule has 20 aromatic rings. The highest BCUT2D eigenvalue weighted by atomic mass is 19.1. The van der Waals surface area contributed by atoms with Gasteiger partial charge in [-0.25, -0.2) is 13.2 Å². The van der Waals surface area contributed by atoms with Gasteiger partial charge in [-0.1, -0.05) is 341 Å². The summed E-state index contributed by atoms with van der Waals surface area (Å²) < 4.78 is 46.0. The normalized spacial score (nSPS) is 15.1. The van der Waals surface area contributed by atoms with Gasteiger partial charge in [0.2, 0.25) is 0 Å². The van der Waals surface area contributed by atoms with E-state index in [0.29, 0.717) is 0 Å². The van der Waals surface area contributed by atoms with Gasteiger partial charge in [0.15, 0.2) is 0 Å². The van der Waals surface area contributed by atoms with Gasteiger partial charge < -0.3 is 19.6 Å². The molecule has 7 heteroatoms. The number of rotatable bonds is 23. The molecule has 0 aromatic heterocycles. The zero-order valence-electron chi connectivity index (χ0n) is 74.5. The van der Waals surface area contributed by atoms with E-state index in [1.807, 2.05) is 54.6 Å². The van der Waals surface area contributed by atoms with Crippen LogP contribution in [0.4, 0.5) is 81.4 Å². The zero-order valence-corrected chi connectivity index (χ0v) is 74.5. The van der Waals surface area contributed by atoms with Gasteiger partial charge in [-0.05, 0) is 321 Å². The number of hydrogen-bond acceptors (Lipinski definition) is 4. The van der Waals surface area contributed by atoms with E-state index in [2.05, 4.69) is 452 Å². The predicted molar refractivity (Wildman–Crippen MR) is 558 cm³/mol. The molecular weight excluding hydrogens is 1660 g/mol. The van der Waals surface area contributed by atoms with Crippen molar-refractivity contribution in [3.8, 4) is 55.6 Å². The second-order valence-electron chi connectivity index (χ2n) is 35.1. The van der Waals surface area contributed by atoms with E-state index in [0.717, 1.165) is 207 Å². The smallest absolute Gasteiger partial charge is 0.123 e. The van der Waals surface area contributed by atoms with Crippen LogP contribution < -0.4 is 19.6 Å². The summed E-state index contributed by atoms with van der Waals surface area (Å²) in [6.45, 7) is 12.4. The lowest BCUT2D eigenvalue weighted by Crippen LogP contribution is -2.29. The van der Waals surface area contributed by atoms with Gasteiger partial charge in [-0.3, -0.25) is 0 Å². The molecule has 23 rings (SSSR count). The fourth-order valence-electron chi connectivity index (χ4n) is 21.8. The van der Waals surface area contributed by atoms with Crippen molar-refractivity contribution < 1.29 is 13.2 Å². The lowest BCUT2D eigenvalue weighted by Gasteiger charge is -2.36. The van der Waals surface area contributed by atoms with Crippen LogP contribution in [-0.2, 0) is 16.2 Å². The van der Waals surface area contributed by atoms with Crippen molar-refractivity contribution in [2.24, 2.45) is 0 Å². The molecule has 2 unspecified atom stereocenters. The highest BCUT2D eigenvalue weighted by molar-refractivity contribution is 5.96. The van der Waals surface area contributed by atoms with E-state index in [9.17, 15) is 0 Å². The molecule has 0 saturated heterocycles. The summed E-state index contributed by atoms with van der Waals surface area (Å²) in [5.41, 5.74) is 35.7. The summed E-state index contributed by atoms with van der Waals surface area (Å²) in [4.78, 5) is 9.32. The number of benzene rings is 20. The number of halogens is 3. The Labute approximate surface area is 791 Å². The molecule has 136 heavy (non-hydrogen) atoms. The van der Waals surface area contributed by atoms with Crippen LogP contribution in [0.5, 0.6) is 0 Å². The maximum atomic E-state index is 15.9. The molecule has 0 amide bonds. The molecule has 0 saturated carbocycles. The molecule has 3 aliphatic carbocycles. The molecule has 2 atom stereocenters. The van der Waals surface area contributed by atoms with Crippen LogP contribution in [0.1, 0.15) is 83.5 Å². The molecule has 20 aromatic carbocycles. The first-order chi connectivity index (χ1) is 67.0. The number of anilines is 12. The number of nitrogens with zero attached hydrogens (tertiary/aromatic N) is 4. The van der Waals surface area contributed by atoms with Crippen LogP contribution in [-0.4, -0.2) is 0 Å². The quantitative estimate of drug-likeness (QED) is 0.0633. The van der Waals surface area contributed by atoms with Gasteiger partial charge in [0.05, 0.1) is 16.2 Å². The van der Waals surface area contributed by atoms with Gasteiger partial charge >= 0.3 is 0 Å². The molecule has 3 aliphatic rings. The summed E-state index contributed by atoms with van der Waals surface area (Å²) >= 11 is 0. The summed E-state index contributed by atoms with van der Waals surface area (Å²) in [6, 6.07) is 169. The third kappa shape index (κ3) is 13.9. The highest BCUT2D eigenvalue weighted by Gasteiger charge is 2.50. The summed E-state index contributed by atoms with van der Waals surface area (Å²) in [7, 11) is 0. The molecular formula is C129H89F3N4. The van der Waals surface area contributed by atoms with Crippen molar-refractivity contribution >= 4 is 86.5 Å². The Hall–Kier alpha value is -17.4. The fraction of sp³-hybridized carbons (Fsp3) is 0.0233. The average Bonchev–Trinajstić information content (AvgIpc) is 1.54. The molecule has 0 aliphatic heterocycles. The van der Waals surface area contributed by atoms with Crippen molar-refractivity contribution in [2.75, 3.05) is 19.6 Å². The Morgan fingerprint density at radius 2 is 0.338 bits per heavy atom. The first-order valence-electron chi connectivity index (χ1n) is 46.1. The van der Waals surface area contributed by atoms with Gasteiger partial charge in [0.25, 0.3) is 0 Å². The van der Waals surface area contributed by atoms with Crippen LogP contribution in [0.25, 0.3) is 73.9 Å². The molecule has 0 heterocycles. The summed E-state index contributed by atoms with van der Waals surface area (Å²) in [5, 5.41) is 0. The Balaban J connectivity index is 0.588. The number of para-hydroxylation sites is 4.